The van der Waals surface area contributed by atoms with E-state index >= 15 is 0 Å². The Labute approximate surface area is 95.0 Å². The van der Waals surface area contributed by atoms with Crippen molar-refractivity contribution in [3.8, 4) is 0 Å². The van der Waals surface area contributed by atoms with E-state index in [4.69, 9.17) is 0 Å². The highest BCUT2D eigenvalue weighted by atomic mass is 14.9. The lowest BCUT2D eigenvalue weighted by Gasteiger charge is -2.42. The van der Waals surface area contributed by atoms with E-state index < -0.39 is 0 Å². The first kappa shape index (κ1) is 11.4. The van der Waals surface area contributed by atoms with Crippen molar-refractivity contribution in [2.75, 3.05) is 6.54 Å². The van der Waals surface area contributed by atoms with Crippen molar-refractivity contribution in [2.45, 2.75) is 65.3 Å². The normalized spacial score (nSPS) is 39.8. The smallest absolute Gasteiger partial charge is 0.00931 e. The molecule has 1 N–H and O–H groups in total. The van der Waals surface area contributed by atoms with Crippen LogP contribution < -0.4 is 5.32 Å². The van der Waals surface area contributed by atoms with E-state index in [1.165, 1.54) is 45.1 Å². The van der Waals surface area contributed by atoms with Crippen LogP contribution in [0, 0.1) is 17.3 Å². The van der Waals surface area contributed by atoms with E-state index in [1.54, 1.807) is 0 Å². The maximum absolute atomic E-state index is 3.83. The minimum atomic E-state index is 0.642. The summed E-state index contributed by atoms with van der Waals surface area (Å²) in [6.45, 7) is 8.53. The highest BCUT2D eigenvalue weighted by Crippen LogP contribution is 2.40. The first-order chi connectivity index (χ1) is 7.09. The number of nitrogens with one attached hydrogen (secondary N) is 1. The molecule has 2 fully saturated rings. The summed E-state index contributed by atoms with van der Waals surface area (Å²) in [5.41, 5.74) is 0.642. The summed E-state index contributed by atoms with van der Waals surface area (Å²) in [5.74, 6) is 1.84. The fourth-order valence-corrected chi connectivity index (χ4v) is 3.30. The fourth-order valence-electron chi connectivity index (χ4n) is 3.30. The third-order valence-corrected chi connectivity index (χ3v) is 4.78. The molecule has 1 heteroatoms. The van der Waals surface area contributed by atoms with E-state index in [0.29, 0.717) is 5.41 Å². The predicted molar refractivity (Wildman–Crippen MR) is 65.9 cm³/mol. The van der Waals surface area contributed by atoms with Gasteiger partial charge in [0, 0.05) is 12.6 Å². The molecule has 3 unspecified atom stereocenters. The second-order valence-corrected chi connectivity index (χ2v) is 6.55. The molecular formula is C14H27N. The van der Waals surface area contributed by atoms with E-state index in [9.17, 15) is 0 Å². The van der Waals surface area contributed by atoms with Crippen molar-refractivity contribution in [1.29, 1.82) is 0 Å². The zero-order chi connectivity index (χ0) is 10.9. The molecule has 0 spiro atoms. The maximum atomic E-state index is 3.83. The Balaban J connectivity index is 1.74. The third-order valence-electron chi connectivity index (χ3n) is 4.78. The Hall–Kier alpha value is -0.0400. The van der Waals surface area contributed by atoms with Crippen LogP contribution in [0.4, 0.5) is 0 Å². The van der Waals surface area contributed by atoms with Crippen LogP contribution in [0.3, 0.4) is 0 Å². The minimum absolute atomic E-state index is 0.642. The molecule has 1 nitrogen and oxygen atoms in total. The van der Waals surface area contributed by atoms with E-state index in [-0.39, 0.29) is 0 Å². The van der Waals surface area contributed by atoms with Crippen LogP contribution in [-0.2, 0) is 0 Å². The zero-order valence-corrected chi connectivity index (χ0v) is 10.7. The highest BCUT2D eigenvalue weighted by molar-refractivity contribution is 4.88. The molecule has 2 aliphatic carbocycles. The summed E-state index contributed by atoms with van der Waals surface area (Å²) in [5, 5.41) is 3.83. The molecule has 3 atom stereocenters. The quantitative estimate of drug-likeness (QED) is 0.749. The monoisotopic (exact) mass is 209 g/mol. The molecule has 0 heterocycles. The molecule has 88 valence electrons. The van der Waals surface area contributed by atoms with Crippen molar-refractivity contribution < 1.29 is 0 Å². The van der Waals surface area contributed by atoms with Gasteiger partial charge in [-0.2, -0.15) is 0 Å². The van der Waals surface area contributed by atoms with Gasteiger partial charge < -0.3 is 5.32 Å². The van der Waals surface area contributed by atoms with Crippen molar-refractivity contribution in [2.24, 2.45) is 17.3 Å². The topological polar surface area (TPSA) is 12.0 Å². The largest absolute Gasteiger partial charge is 0.313 e. The Kier molecular flexibility index (Phi) is 3.39. The lowest BCUT2D eigenvalue weighted by Crippen LogP contribution is -2.46. The first-order valence-electron chi connectivity index (χ1n) is 6.82. The first-order valence-corrected chi connectivity index (χ1v) is 6.82. The highest BCUT2D eigenvalue weighted by Gasteiger charge is 2.33. The standard InChI is InChI=1S/C14H27N/c1-11-5-6-13(12(2)9-11)15-10-14(3)7-4-8-14/h11-13,15H,4-10H2,1-3H3. The molecule has 0 saturated heterocycles. The minimum Gasteiger partial charge on any atom is -0.313 e. The van der Waals surface area contributed by atoms with Crippen LogP contribution in [-0.4, -0.2) is 12.6 Å². The summed E-state index contributed by atoms with van der Waals surface area (Å²) >= 11 is 0. The van der Waals surface area contributed by atoms with Crippen LogP contribution in [0.25, 0.3) is 0 Å². The van der Waals surface area contributed by atoms with Crippen LogP contribution in [0.1, 0.15) is 59.3 Å². The van der Waals surface area contributed by atoms with E-state index in [0.717, 1.165) is 17.9 Å². The van der Waals surface area contributed by atoms with Gasteiger partial charge in [-0.15, -0.1) is 0 Å². The Morgan fingerprint density at radius 1 is 1.20 bits per heavy atom. The van der Waals surface area contributed by atoms with Gasteiger partial charge in [-0.05, 0) is 49.4 Å². The summed E-state index contributed by atoms with van der Waals surface area (Å²) in [6.07, 6.45) is 8.59. The molecule has 0 aliphatic heterocycles. The number of hydrogen-bond donors (Lipinski definition) is 1. The summed E-state index contributed by atoms with van der Waals surface area (Å²) < 4.78 is 0. The molecule has 0 radical (unpaired) electrons. The molecule has 0 aromatic heterocycles. The van der Waals surface area contributed by atoms with Gasteiger partial charge in [0.05, 0.1) is 0 Å². The maximum Gasteiger partial charge on any atom is 0.00931 e. The molecular weight excluding hydrogens is 182 g/mol. The van der Waals surface area contributed by atoms with Crippen molar-refractivity contribution >= 4 is 0 Å². The molecule has 0 amide bonds. The second kappa shape index (κ2) is 4.45. The Morgan fingerprint density at radius 2 is 1.93 bits per heavy atom. The zero-order valence-electron chi connectivity index (χ0n) is 10.7. The number of hydrogen-bond acceptors (Lipinski definition) is 1. The van der Waals surface area contributed by atoms with Gasteiger partial charge in [0.25, 0.3) is 0 Å². The van der Waals surface area contributed by atoms with Gasteiger partial charge >= 0.3 is 0 Å². The molecule has 2 rings (SSSR count). The number of rotatable bonds is 3. The summed E-state index contributed by atoms with van der Waals surface area (Å²) in [6, 6.07) is 0.804. The van der Waals surface area contributed by atoms with Crippen LogP contribution >= 0.6 is 0 Å². The SMILES string of the molecule is CC1CCC(NCC2(C)CCC2)C(C)C1. The van der Waals surface area contributed by atoms with Crippen LogP contribution in [0.15, 0.2) is 0 Å². The van der Waals surface area contributed by atoms with E-state index in [1.807, 2.05) is 0 Å². The van der Waals surface area contributed by atoms with Crippen molar-refractivity contribution in [1.82, 2.24) is 5.32 Å². The van der Waals surface area contributed by atoms with Gasteiger partial charge in [-0.25, -0.2) is 0 Å². The van der Waals surface area contributed by atoms with Gasteiger partial charge in [0.15, 0.2) is 0 Å². The molecule has 2 saturated carbocycles. The Morgan fingerprint density at radius 3 is 2.47 bits per heavy atom. The third kappa shape index (κ3) is 2.75. The van der Waals surface area contributed by atoms with Crippen LogP contribution in [0.2, 0.25) is 0 Å². The molecule has 2 aliphatic rings. The van der Waals surface area contributed by atoms with Gasteiger partial charge in [0.1, 0.15) is 0 Å². The van der Waals surface area contributed by atoms with Gasteiger partial charge in [-0.1, -0.05) is 27.2 Å². The summed E-state index contributed by atoms with van der Waals surface area (Å²) in [7, 11) is 0. The second-order valence-electron chi connectivity index (χ2n) is 6.55. The average molecular weight is 209 g/mol. The average Bonchev–Trinajstić information content (AvgIpc) is 2.14. The molecule has 0 bridgehead atoms. The van der Waals surface area contributed by atoms with Gasteiger partial charge in [-0.3, -0.25) is 0 Å². The van der Waals surface area contributed by atoms with Crippen molar-refractivity contribution in [3.63, 3.8) is 0 Å². The van der Waals surface area contributed by atoms with E-state index in [2.05, 4.69) is 26.1 Å². The molecule has 0 aromatic carbocycles. The lowest BCUT2D eigenvalue weighted by atomic mass is 9.70. The summed E-state index contributed by atoms with van der Waals surface area (Å²) in [4.78, 5) is 0. The Bertz CT molecular complexity index is 207. The molecule has 0 aromatic rings. The van der Waals surface area contributed by atoms with Crippen molar-refractivity contribution in [3.05, 3.63) is 0 Å². The van der Waals surface area contributed by atoms with Crippen LogP contribution in [0.5, 0.6) is 0 Å². The lowest BCUT2D eigenvalue weighted by molar-refractivity contribution is 0.131. The molecule has 15 heavy (non-hydrogen) atoms. The predicted octanol–water partition coefficient (Wildman–Crippen LogP) is 3.59. The fraction of sp³-hybridized carbons (Fsp3) is 1.00. The van der Waals surface area contributed by atoms with Gasteiger partial charge in [0.2, 0.25) is 0 Å².